The van der Waals surface area contributed by atoms with E-state index in [2.05, 4.69) is 20.1 Å². The van der Waals surface area contributed by atoms with Crippen LogP contribution in [0.2, 0.25) is 0 Å². The van der Waals surface area contributed by atoms with Gasteiger partial charge in [-0.25, -0.2) is 10.1 Å². The van der Waals surface area contributed by atoms with Crippen LogP contribution in [0.15, 0.2) is 23.1 Å². The van der Waals surface area contributed by atoms with Crippen molar-refractivity contribution in [2.75, 3.05) is 18.1 Å². The zero-order chi connectivity index (χ0) is 14.8. The van der Waals surface area contributed by atoms with Crippen LogP contribution in [0.5, 0.6) is 5.88 Å². The summed E-state index contributed by atoms with van der Waals surface area (Å²) < 4.78 is 5.32. The number of rotatable bonds is 4. The molecule has 110 valence electrons. The fourth-order valence-corrected chi connectivity index (χ4v) is 2.40. The number of aromatic nitrogens is 3. The maximum absolute atomic E-state index is 11.6. The van der Waals surface area contributed by atoms with Crippen LogP contribution in [-0.2, 0) is 13.1 Å². The van der Waals surface area contributed by atoms with Gasteiger partial charge in [-0.05, 0) is 18.6 Å². The lowest BCUT2D eigenvalue weighted by atomic mass is 10.2. The monoisotopic (exact) mass is 288 g/mol. The molecule has 0 radical (unpaired) electrons. The van der Waals surface area contributed by atoms with Gasteiger partial charge in [-0.1, -0.05) is 0 Å². The minimum Gasteiger partial charge on any atom is -0.475 e. The molecule has 1 aliphatic heterocycles. The van der Waals surface area contributed by atoms with Crippen LogP contribution in [0.4, 0.5) is 5.69 Å². The van der Waals surface area contributed by atoms with Crippen molar-refractivity contribution < 1.29 is 9.84 Å². The molecule has 0 aliphatic carbocycles. The fourth-order valence-electron chi connectivity index (χ4n) is 2.40. The Morgan fingerprint density at radius 2 is 2.29 bits per heavy atom. The Labute approximate surface area is 121 Å². The Balaban J connectivity index is 1.84. The summed E-state index contributed by atoms with van der Waals surface area (Å²) in [6.45, 7) is 3.27. The van der Waals surface area contributed by atoms with Crippen LogP contribution in [0, 0.1) is 6.92 Å². The van der Waals surface area contributed by atoms with E-state index in [0.717, 1.165) is 16.9 Å². The minimum atomic E-state index is -0.177. The third-order valence-electron chi connectivity index (χ3n) is 3.50. The Hall–Kier alpha value is -2.41. The molecule has 3 rings (SSSR count). The number of hydrogen-bond acceptors (Lipinski definition) is 6. The molecule has 0 fully saturated rings. The molecule has 0 amide bonds. The number of nitrogens with one attached hydrogen (secondary N) is 1. The number of pyridine rings is 1. The van der Waals surface area contributed by atoms with Gasteiger partial charge in [0.15, 0.2) is 0 Å². The predicted octanol–water partition coefficient (Wildman–Crippen LogP) is 0.365. The molecule has 0 saturated carbocycles. The molecule has 2 aromatic heterocycles. The number of nitrogens with zero attached hydrogens (tertiary/aromatic N) is 3. The minimum absolute atomic E-state index is 0.0391. The standard InChI is InChI=1S/C14H16N4O3/c1-9-12(6-15-17-14(9)20)18-7-10-2-3-13(21-5-4-19)16-11(10)8-18/h2-3,6,19H,4-5,7-8H2,1H3,(H,17,20). The van der Waals surface area contributed by atoms with E-state index in [0.29, 0.717) is 24.5 Å². The van der Waals surface area contributed by atoms with E-state index >= 15 is 0 Å². The van der Waals surface area contributed by atoms with E-state index < -0.39 is 0 Å². The van der Waals surface area contributed by atoms with Crippen LogP contribution >= 0.6 is 0 Å². The van der Waals surface area contributed by atoms with Crippen LogP contribution in [-0.4, -0.2) is 33.5 Å². The number of aromatic amines is 1. The highest BCUT2D eigenvalue weighted by molar-refractivity contribution is 5.53. The van der Waals surface area contributed by atoms with Gasteiger partial charge in [-0.15, -0.1) is 0 Å². The number of aliphatic hydroxyl groups excluding tert-OH is 1. The number of anilines is 1. The summed E-state index contributed by atoms with van der Waals surface area (Å²) >= 11 is 0. The normalized spacial score (nSPS) is 13.3. The first-order chi connectivity index (χ1) is 10.2. The largest absolute Gasteiger partial charge is 0.475 e. The van der Waals surface area contributed by atoms with Crippen LogP contribution < -0.4 is 15.2 Å². The van der Waals surface area contributed by atoms with Gasteiger partial charge < -0.3 is 14.7 Å². The van der Waals surface area contributed by atoms with Gasteiger partial charge in [0.05, 0.1) is 30.7 Å². The van der Waals surface area contributed by atoms with Crippen molar-refractivity contribution in [1.29, 1.82) is 0 Å². The summed E-state index contributed by atoms with van der Waals surface area (Å²) in [5.74, 6) is 0.505. The Morgan fingerprint density at radius 1 is 1.43 bits per heavy atom. The van der Waals surface area contributed by atoms with E-state index in [4.69, 9.17) is 9.84 Å². The summed E-state index contributed by atoms with van der Waals surface area (Å²) in [4.78, 5) is 18.1. The van der Waals surface area contributed by atoms with Gasteiger partial charge in [0.1, 0.15) is 6.61 Å². The SMILES string of the molecule is Cc1c(N2Cc3ccc(OCCO)nc3C2)cn[nH]c1=O. The lowest BCUT2D eigenvalue weighted by Gasteiger charge is -2.18. The number of fused-ring (bicyclic) bond motifs is 1. The topological polar surface area (TPSA) is 91.3 Å². The van der Waals surface area contributed by atoms with Gasteiger partial charge in [0.2, 0.25) is 5.88 Å². The first-order valence-corrected chi connectivity index (χ1v) is 6.70. The zero-order valence-electron chi connectivity index (χ0n) is 11.7. The van der Waals surface area contributed by atoms with E-state index in [1.165, 1.54) is 0 Å². The molecule has 0 spiro atoms. The van der Waals surface area contributed by atoms with Crippen molar-refractivity contribution >= 4 is 5.69 Å². The molecule has 7 nitrogen and oxygen atoms in total. The van der Waals surface area contributed by atoms with Crippen LogP contribution in [0.1, 0.15) is 16.8 Å². The third kappa shape index (κ3) is 2.59. The Morgan fingerprint density at radius 3 is 3.10 bits per heavy atom. The van der Waals surface area contributed by atoms with Crippen molar-refractivity contribution in [3.05, 3.63) is 45.5 Å². The first-order valence-electron chi connectivity index (χ1n) is 6.70. The summed E-state index contributed by atoms with van der Waals surface area (Å²) in [5.41, 5.74) is 3.31. The van der Waals surface area contributed by atoms with Crippen molar-refractivity contribution in [3.63, 3.8) is 0 Å². The van der Waals surface area contributed by atoms with Crippen molar-refractivity contribution in [3.8, 4) is 5.88 Å². The summed E-state index contributed by atoms with van der Waals surface area (Å²) in [5, 5.41) is 15.1. The maximum atomic E-state index is 11.6. The molecule has 0 aromatic carbocycles. The average molecular weight is 288 g/mol. The molecule has 0 saturated heterocycles. The van der Waals surface area contributed by atoms with Crippen molar-refractivity contribution in [2.45, 2.75) is 20.0 Å². The van der Waals surface area contributed by atoms with Gasteiger partial charge >= 0.3 is 0 Å². The highest BCUT2D eigenvalue weighted by Crippen LogP contribution is 2.28. The second kappa shape index (κ2) is 5.53. The molecule has 7 heteroatoms. The first kappa shape index (κ1) is 13.6. The summed E-state index contributed by atoms with van der Waals surface area (Å²) in [6, 6.07) is 3.76. The molecular weight excluding hydrogens is 272 g/mol. The molecule has 2 aromatic rings. The fraction of sp³-hybridized carbons (Fsp3) is 0.357. The number of aliphatic hydroxyl groups is 1. The molecule has 0 atom stereocenters. The molecule has 3 heterocycles. The average Bonchev–Trinajstić information content (AvgIpc) is 2.90. The van der Waals surface area contributed by atoms with Crippen molar-refractivity contribution in [2.24, 2.45) is 0 Å². The number of H-pyrrole nitrogens is 1. The second-order valence-corrected chi connectivity index (χ2v) is 4.89. The lowest BCUT2D eigenvalue weighted by Crippen LogP contribution is -2.21. The van der Waals surface area contributed by atoms with Crippen LogP contribution in [0.3, 0.4) is 0 Å². The van der Waals surface area contributed by atoms with E-state index in [-0.39, 0.29) is 18.8 Å². The van der Waals surface area contributed by atoms with Gasteiger partial charge in [0.25, 0.3) is 5.56 Å². The highest BCUT2D eigenvalue weighted by atomic mass is 16.5. The predicted molar refractivity (Wildman–Crippen MR) is 76.3 cm³/mol. The van der Waals surface area contributed by atoms with Crippen LogP contribution in [0.25, 0.3) is 0 Å². The quantitative estimate of drug-likeness (QED) is 0.844. The summed E-state index contributed by atoms with van der Waals surface area (Å²) in [7, 11) is 0. The molecule has 21 heavy (non-hydrogen) atoms. The Kier molecular flexibility index (Phi) is 3.57. The van der Waals surface area contributed by atoms with Crippen molar-refractivity contribution in [1.82, 2.24) is 15.2 Å². The smallest absolute Gasteiger partial charge is 0.269 e. The molecule has 0 bridgehead atoms. The number of hydrogen-bond donors (Lipinski definition) is 2. The van der Waals surface area contributed by atoms with Gasteiger partial charge in [-0.3, -0.25) is 4.79 Å². The lowest BCUT2D eigenvalue weighted by molar-refractivity contribution is 0.196. The van der Waals surface area contributed by atoms with Gasteiger partial charge in [-0.2, -0.15) is 5.10 Å². The molecule has 0 unspecified atom stereocenters. The Bertz CT molecular complexity index is 714. The van der Waals surface area contributed by atoms with Gasteiger partial charge in [0, 0.05) is 18.2 Å². The molecule has 2 N–H and O–H groups in total. The van der Waals surface area contributed by atoms with E-state index in [9.17, 15) is 4.79 Å². The summed E-state index contributed by atoms with van der Waals surface area (Å²) in [6.07, 6.45) is 1.66. The second-order valence-electron chi connectivity index (χ2n) is 4.89. The zero-order valence-corrected chi connectivity index (χ0v) is 11.7. The third-order valence-corrected chi connectivity index (χ3v) is 3.50. The maximum Gasteiger partial charge on any atom is 0.269 e. The molecular formula is C14H16N4O3. The van der Waals surface area contributed by atoms with E-state index in [1.54, 1.807) is 19.2 Å². The molecule has 1 aliphatic rings. The van der Waals surface area contributed by atoms with E-state index in [1.807, 2.05) is 6.07 Å². The highest BCUT2D eigenvalue weighted by Gasteiger charge is 2.23. The number of ether oxygens (including phenoxy) is 1.